The maximum Gasteiger partial charge on any atom is 0.304 e. The van der Waals surface area contributed by atoms with Crippen molar-refractivity contribution < 1.29 is 14.7 Å². The van der Waals surface area contributed by atoms with Gasteiger partial charge in [0.2, 0.25) is 0 Å². The number of hydrogen-bond donors (Lipinski definition) is 1. The van der Waals surface area contributed by atoms with Crippen molar-refractivity contribution in [1.29, 1.82) is 0 Å². The Kier molecular flexibility index (Phi) is 6.56. The molecule has 0 aliphatic rings. The first-order valence-corrected chi connectivity index (χ1v) is 7.40. The Bertz CT molecular complexity index is 477. The van der Waals surface area contributed by atoms with E-state index in [1.165, 1.54) is 0 Å². The first kappa shape index (κ1) is 17.4. The lowest BCUT2D eigenvalue weighted by Gasteiger charge is -2.26. The summed E-state index contributed by atoms with van der Waals surface area (Å²) in [5.74, 6) is -0.634. The molecule has 0 unspecified atom stereocenters. The Morgan fingerprint density at radius 2 is 1.67 bits per heavy atom. The Hall–Kier alpha value is -1.68. The molecule has 0 heterocycles. The topological polar surface area (TPSA) is 57.6 Å². The normalized spacial score (nSPS) is 11.4. The highest BCUT2D eigenvalue weighted by Gasteiger charge is 2.13. The second kappa shape index (κ2) is 7.93. The number of hydrogen-bond acceptors (Lipinski definition) is 3. The van der Waals surface area contributed by atoms with Crippen LogP contribution >= 0.6 is 0 Å². The number of benzene rings is 1. The summed E-state index contributed by atoms with van der Waals surface area (Å²) < 4.78 is 0. The van der Waals surface area contributed by atoms with Crippen LogP contribution in [0.1, 0.15) is 50.0 Å². The average molecular weight is 291 g/mol. The maximum absolute atomic E-state index is 11.9. The molecule has 0 aromatic heterocycles. The molecule has 1 N–H and O–H groups in total. The van der Waals surface area contributed by atoms with Crippen molar-refractivity contribution in [3.05, 3.63) is 35.4 Å². The zero-order chi connectivity index (χ0) is 16.0. The summed E-state index contributed by atoms with van der Waals surface area (Å²) in [5, 5.41) is 8.80. The molecular formula is C17H25NO3. The Labute approximate surface area is 126 Å². The Balaban J connectivity index is 2.72. The quantitative estimate of drug-likeness (QED) is 0.747. The van der Waals surface area contributed by atoms with Crippen LogP contribution in [-0.4, -0.2) is 34.3 Å². The number of carboxylic acids is 1. The van der Waals surface area contributed by atoms with E-state index in [1.54, 1.807) is 0 Å². The number of aliphatic carboxylic acids is 1. The summed E-state index contributed by atoms with van der Waals surface area (Å²) in [6.45, 7) is 9.11. The minimum Gasteiger partial charge on any atom is -0.481 e. The lowest BCUT2D eigenvalue weighted by atomic mass is 10.00. The summed E-state index contributed by atoms with van der Waals surface area (Å²) >= 11 is 0. The van der Waals surface area contributed by atoms with E-state index in [0.29, 0.717) is 13.1 Å². The number of carbonyl (C=O) groups excluding carboxylic acids is 1. The molecule has 1 aromatic rings. The van der Waals surface area contributed by atoms with E-state index >= 15 is 0 Å². The van der Waals surface area contributed by atoms with Gasteiger partial charge < -0.3 is 5.11 Å². The molecule has 0 aliphatic carbocycles. The predicted molar refractivity (Wildman–Crippen MR) is 83.4 cm³/mol. The molecule has 1 rings (SSSR count). The number of nitrogens with zero attached hydrogens (tertiary/aromatic N) is 1. The van der Waals surface area contributed by atoms with Gasteiger partial charge in [0, 0.05) is 30.6 Å². The third-order valence-corrected chi connectivity index (χ3v) is 3.49. The maximum atomic E-state index is 11.9. The van der Waals surface area contributed by atoms with Gasteiger partial charge in [-0.1, -0.05) is 38.1 Å². The monoisotopic (exact) mass is 291 g/mol. The van der Waals surface area contributed by atoms with Crippen LogP contribution in [0.25, 0.3) is 0 Å². The van der Waals surface area contributed by atoms with Crippen LogP contribution in [0, 0.1) is 5.92 Å². The molecule has 0 saturated heterocycles. The van der Waals surface area contributed by atoms with Crippen LogP contribution in [-0.2, 0) is 11.3 Å². The molecule has 0 saturated carbocycles. The van der Waals surface area contributed by atoms with Crippen molar-refractivity contribution in [1.82, 2.24) is 4.90 Å². The van der Waals surface area contributed by atoms with Gasteiger partial charge in [-0.3, -0.25) is 14.5 Å². The fraction of sp³-hybridized carbons (Fsp3) is 0.529. The molecule has 0 amide bonds. The lowest BCUT2D eigenvalue weighted by Crippen LogP contribution is -2.32. The fourth-order valence-corrected chi connectivity index (χ4v) is 2.10. The fourth-order valence-electron chi connectivity index (χ4n) is 2.10. The van der Waals surface area contributed by atoms with E-state index in [2.05, 4.69) is 18.7 Å². The third kappa shape index (κ3) is 5.68. The molecule has 0 atom stereocenters. The largest absolute Gasteiger partial charge is 0.481 e. The van der Waals surface area contributed by atoms with Crippen LogP contribution in [0.2, 0.25) is 0 Å². The van der Waals surface area contributed by atoms with Gasteiger partial charge in [0.05, 0.1) is 6.42 Å². The van der Waals surface area contributed by atoms with E-state index in [-0.39, 0.29) is 24.2 Å². The average Bonchev–Trinajstić information content (AvgIpc) is 2.42. The summed E-state index contributed by atoms with van der Waals surface area (Å²) in [7, 11) is 0. The molecular weight excluding hydrogens is 266 g/mol. The van der Waals surface area contributed by atoms with Crippen molar-refractivity contribution in [2.75, 3.05) is 6.54 Å². The van der Waals surface area contributed by atoms with Crippen LogP contribution in [0.3, 0.4) is 0 Å². The van der Waals surface area contributed by atoms with Gasteiger partial charge in [0.15, 0.2) is 5.78 Å². The number of Topliss-reactive ketones (excluding diaryl/α,β-unsaturated/α-hetero) is 1. The summed E-state index contributed by atoms with van der Waals surface area (Å²) in [6, 6.07) is 7.89. The summed E-state index contributed by atoms with van der Waals surface area (Å²) in [5.41, 5.74) is 1.82. The third-order valence-electron chi connectivity index (χ3n) is 3.49. The van der Waals surface area contributed by atoms with E-state index < -0.39 is 5.97 Å². The molecule has 0 aliphatic heterocycles. The molecule has 0 fully saturated rings. The van der Waals surface area contributed by atoms with E-state index in [9.17, 15) is 9.59 Å². The molecule has 0 spiro atoms. The lowest BCUT2D eigenvalue weighted by molar-refractivity contribution is -0.137. The SMILES string of the molecule is CC(C)C(=O)c1ccc(CN(CCC(=O)O)C(C)C)cc1. The van der Waals surface area contributed by atoms with Gasteiger partial charge in [-0.15, -0.1) is 0 Å². The smallest absolute Gasteiger partial charge is 0.304 e. The second-order valence-electron chi connectivity index (χ2n) is 5.92. The molecule has 4 heteroatoms. The van der Waals surface area contributed by atoms with Crippen molar-refractivity contribution in [2.45, 2.75) is 46.7 Å². The van der Waals surface area contributed by atoms with Gasteiger partial charge in [0.1, 0.15) is 0 Å². The number of rotatable bonds is 8. The van der Waals surface area contributed by atoms with Gasteiger partial charge in [-0.25, -0.2) is 0 Å². The highest BCUT2D eigenvalue weighted by Crippen LogP contribution is 2.13. The molecule has 0 radical (unpaired) electrons. The zero-order valence-electron chi connectivity index (χ0n) is 13.3. The zero-order valence-corrected chi connectivity index (χ0v) is 13.3. The molecule has 116 valence electrons. The minimum absolute atomic E-state index is 0.00132. The standard InChI is InChI=1S/C17H25NO3/c1-12(2)17(21)15-7-5-14(6-8-15)11-18(13(3)4)10-9-16(19)20/h5-8,12-13H,9-11H2,1-4H3,(H,19,20). The molecule has 0 bridgehead atoms. The van der Waals surface area contributed by atoms with Gasteiger partial charge in [-0.05, 0) is 19.4 Å². The Morgan fingerprint density at radius 3 is 2.10 bits per heavy atom. The predicted octanol–water partition coefficient (Wildman–Crippen LogP) is 3.21. The van der Waals surface area contributed by atoms with Crippen LogP contribution < -0.4 is 0 Å². The van der Waals surface area contributed by atoms with E-state index in [0.717, 1.165) is 11.1 Å². The molecule has 4 nitrogen and oxygen atoms in total. The molecule has 1 aromatic carbocycles. The van der Waals surface area contributed by atoms with Gasteiger partial charge >= 0.3 is 5.97 Å². The molecule has 21 heavy (non-hydrogen) atoms. The van der Waals surface area contributed by atoms with Crippen LogP contribution in [0.4, 0.5) is 0 Å². The highest BCUT2D eigenvalue weighted by atomic mass is 16.4. The van der Waals surface area contributed by atoms with Crippen molar-refractivity contribution in [2.24, 2.45) is 5.92 Å². The van der Waals surface area contributed by atoms with Crippen molar-refractivity contribution in [3.8, 4) is 0 Å². The van der Waals surface area contributed by atoms with Crippen molar-refractivity contribution in [3.63, 3.8) is 0 Å². The van der Waals surface area contributed by atoms with Crippen LogP contribution in [0.5, 0.6) is 0 Å². The number of carbonyl (C=O) groups is 2. The number of carboxylic acid groups (broad SMARTS) is 1. The number of ketones is 1. The van der Waals surface area contributed by atoms with Crippen LogP contribution in [0.15, 0.2) is 24.3 Å². The Morgan fingerprint density at radius 1 is 1.10 bits per heavy atom. The first-order valence-electron chi connectivity index (χ1n) is 7.40. The summed E-state index contributed by atoms with van der Waals surface area (Å²) in [4.78, 5) is 24.7. The highest BCUT2D eigenvalue weighted by molar-refractivity contribution is 5.97. The van der Waals surface area contributed by atoms with E-state index in [4.69, 9.17) is 5.11 Å². The first-order chi connectivity index (χ1) is 9.81. The second-order valence-corrected chi connectivity index (χ2v) is 5.92. The van der Waals surface area contributed by atoms with Gasteiger partial charge in [-0.2, -0.15) is 0 Å². The minimum atomic E-state index is -0.779. The van der Waals surface area contributed by atoms with Gasteiger partial charge in [0.25, 0.3) is 0 Å². The van der Waals surface area contributed by atoms with E-state index in [1.807, 2.05) is 38.1 Å². The summed E-state index contributed by atoms with van der Waals surface area (Å²) in [6.07, 6.45) is 0.141. The van der Waals surface area contributed by atoms with Crippen molar-refractivity contribution >= 4 is 11.8 Å².